The average Bonchev–Trinajstić information content (AvgIpc) is 2.92. The highest BCUT2D eigenvalue weighted by Gasteiger charge is 2.14. The van der Waals surface area contributed by atoms with E-state index in [0.29, 0.717) is 9.13 Å². The Kier molecular flexibility index (Phi) is 1.87. The minimum atomic E-state index is -3.16. The fourth-order valence-electron chi connectivity index (χ4n) is 1.87. The zero-order valence-electron chi connectivity index (χ0n) is 19.7. The third-order valence-corrected chi connectivity index (χ3v) is 2.86. The molecule has 0 N–H and O–H groups in total. The molecule has 0 spiro atoms. The maximum atomic E-state index is 13.9. The predicted octanol–water partition coefficient (Wildman–Crippen LogP) is 0.962. The number of hydrogen-bond donors (Lipinski definition) is 0. The first-order valence-electron chi connectivity index (χ1n) is 10.3. The van der Waals surface area contributed by atoms with Crippen molar-refractivity contribution in [2.75, 3.05) is 0 Å². The minimum absolute atomic E-state index is 0.264. The summed E-state index contributed by atoms with van der Waals surface area (Å²) in [5.41, 5.74) is -2.71. The minimum Gasteiger partial charge on any atom is -0.328 e. The van der Waals surface area contributed by atoms with Gasteiger partial charge in [0.2, 0.25) is 0 Å². The Morgan fingerprint density at radius 2 is 2.35 bits per heavy atom. The van der Waals surface area contributed by atoms with Crippen LogP contribution in [0.4, 0.5) is 4.39 Å². The van der Waals surface area contributed by atoms with Crippen molar-refractivity contribution in [3.8, 4) is 0 Å². The van der Waals surface area contributed by atoms with Gasteiger partial charge in [-0.2, -0.15) is 0 Å². The van der Waals surface area contributed by atoms with Crippen molar-refractivity contribution in [1.29, 1.82) is 0 Å². The van der Waals surface area contributed by atoms with Gasteiger partial charge in [-0.3, -0.25) is 13.9 Å². The molecule has 0 fully saturated rings. The summed E-state index contributed by atoms with van der Waals surface area (Å²) < 4.78 is 82.1. The van der Waals surface area contributed by atoms with E-state index in [2.05, 4.69) is 4.98 Å². The topological polar surface area (TPSA) is 61.8 Å². The number of imidazole rings is 1. The first-order valence-corrected chi connectivity index (χ1v) is 5.83. The molecule has 2 rings (SSSR count). The van der Waals surface area contributed by atoms with Gasteiger partial charge in [-0.25, -0.2) is 14.2 Å². The van der Waals surface area contributed by atoms with E-state index in [-0.39, 0.29) is 12.1 Å². The molecule has 110 valence electrons. The van der Waals surface area contributed by atoms with Crippen LogP contribution in [0.25, 0.3) is 11.2 Å². The monoisotopic (exact) mass is 291 g/mol. The highest BCUT2D eigenvalue weighted by molar-refractivity contribution is 5.69. The first kappa shape index (κ1) is 6.69. The lowest BCUT2D eigenvalue weighted by Crippen LogP contribution is -2.39. The predicted molar refractivity (Wildman–Crippen MR) is 74.6 cm³/mol. The number of rotatable bonds is 5. The number of aromatic nitrogens is 4. The molecule has 6 nitrogen and oxygen atoms in total. The standard InChI is InChI=1S/C13H19FN4O2/c1-9(14)6-4-5-7-18-12(19)10-11(15-8-16(10)2)17(3)13(18)20/h8-9H,4-7H2,1-3H3/t9-/m1/s1/i1D3,2D3,6D2,8D. The molecular weight excluding hydrogens is 263 g/mol. The quantitative estimate of drug-likeness (QED) is 0.824. The molecule has 2 heterocycles. The highest BCUT2D eigenvalue weighted by atomic mass is 19.1. The van der Waals surface area contributed by atoms with Gasteiger partial charge in [-0.15, -0.1) is 0 Å². The average molecular weight is 291 g/mol. The summed E-state index contributed by atoms with van der Waals surface area (Å²) in [6.45, 7) is -6.47. The number of alkyl halides is 1. The van der Waals surface area contributed by atoms with Crippen LogP contribution < -0.4 is 11.2 Å². The van der Waals surface area contributed by atoms with Gasteiger partial charge in [0, 0.05) is 31.5 Å². The van der Waals surface area contributed by atoms with E-state index in [9.17, 15) is 14.0 Å². The van der Waals surface area contributed by atoms with E-state index in [1.807, 2.05) is 0 Å². The molecule has 0 unspecified atom stereocenters. The van der Waals surface area contributed by atoms with Gasteiger partial charge in [0.15, 0.2) is 11.2 Å². The SMILES string of the molecule is [2H]c1nc2c(c(=O)n(CCCC([2H])([2H])[C@H](F)C([2H])([2H])[2H])c(=O)n2C)n1C([2H])([2H])[2H]. The van der Waals surface area contributed by atoms with Crippen LogP contribution in [0.15, 0.2) is 15.9 Å². The van der Waals surface area contributed by atoms with E-state index in [4.69, 9.17) is 12.3 Å². The van der Waals surface area contributed by atoms with Crippen LogP contribution >= 0.6 is 0 Å². The summed E-state index contributed by atoms with van der Waals surface area (Å²) in [5, 5.41) is 0. The van der Waals surface area contributed by atoms with Gasteiger partial charge in [-0.1, -0.05) is 0 Å². The first-order chi connectivity index (χ1) is 13.0. The molecule has 0 aromatic carbocycles. The van der Waals surface area contributed by atoms with Crippen molar-refractivity contribution in [1.82, 2.24) is 18.7 Å². The molecule has 1 atom stereocenters. The molecule has 0 saturated carbocycles. The zero-order chi connectivity index (χ0) is 22.5. The lowest BCUT2D eigenvalue weighted by atomic mass is 10.2. The van der Waals surface area contributed by atoms with Crippen LogP contribution in [0.3, 0.4) is 0 Å². The largest absolute Gasteiger partial charge is 0.332 e. The summed E-state index contributed by atoms with van der Waals surface area (Å²) in [4.78, 5) is 28.8. The molecule has 20 heavy (non-hydrogen) atoms. The summed E-state index contributed by atoms with van der Waals surface area (Å²) in [6.07, 6.45) is -7.07. The van der Waals surface area contributed by atoms with Crippen molar-refractivity contribution in [3.63, 3.8) is 0 Å². The van der Waals surface area contributed by atoms with Gasteiger partial charge in [0.25, 0.3) is 5.56 Å². The Hall–Kier alpha value is -1.92. The second-order valence-electron chi connectivity index (χ2n) is 4.19. The third-order valence-electron chi connectivity index (χ3n) is 2.86. The normalized spacial score (nSPS) is 21.6. The molecule has 0 amide bonds. The fraction of sp³-hybridized carbons (Fsp3) is 0.615. The second-order valence-corrected chi connectivity index (χ2v) is 4.19. The molecule has 2 aromatic rings. The molecule has 0 radical (unpaired) electrons. The van der Waals surface area contributed by atoms with E-state index >= 15 is 0 Å². The van der Waals surface area contributed by atoms with Crippen molar-refractivity contribution in [2.24, 2.45) is 14.0 Å². The zero-order valence-corrected chi connectivity index (χ0v) is 10.7. The van der Waals surface area contributed by atoms with Gasteiger partial charge in [0.05, 0.1) is 12.5 Å². The van der Waals surface area contributed by atoms with Gasteiger partial charge >= 0.3 is 5.69 Å². The number of hydrogen-bond acceptors (Lipinski definition) is 3. The van der Waals surface area contributed by atoms with Crippen molar-refractivity contribution in [3.05, 3.63) is 27.1 Å². The van der Waals surface area contributed by atoms with Gasteiger partial charge < -0.3 is 4.57 Å². The molecule has 7 heteroatoms. The molecule has 0 aliphatic heterocycles. The van der Waals surface area contributed by atoms with Crippen LogP contribution in [-0.4, -0.2) is 24.9 Å². The van der Waals surface area contributed by atoms with Crippen LogP contribution in [0.5, 0.6) is 0 Å². The Labute approximate surface area is 128 Å². The number of fused-ring (bicyclic) bond motifs is 1. The Bertz CT molecular complexity index is 1030. The molecule has 0 aliphatic carbocycles. The molecule has 0 saturated heterocycles. The Balaban J connectivity index is 2.45. The summed E-state index contributed by atoms with van der Waals surface area (Å²) in [5.74, 6) is 0. The summed E-state index contributed by atoms with van der Waals surface area (Å²) >= 11 is 0. The number of nitrogens with zero attached hydrogens (tertiary/aromatic N) is 4. The van der Waals surface area contributed by atoms with Crippen LogP contribution in [0, 0.1) is 0 Å². The van der Waals surface area contributed by atoms with E-state index in [0.717, 1.165) is 4.57 Å². The maximum Gasteiger partial charge on any atom is 0.332 e. The number of aryl methyl sites for hydroxylation is 2. The smallest absolute Gasteiger partial charge is 0.328 e. The van der Waals surface area contributed by atoms with Gasteiger partial charge in [-0.05, 0) is 26.1 Å². The number of halogens is 1. The lowest BCUT2D eigenvalue weighted by Gasteiger charge is -2.08. The summed E-state index contributed by atoms with van der Waals surface area (Å²) in [6, 6.07) is 0. The van der Waals surface area contributed by atoms with E-state index < -0.39 is 62.4 Å². The lowest BCUT2D eigenvalue weighted by molar-refractivity contribution is 0.328. The Morgan fingerprint density at radius 1 is 1.55 bits per heavy atom. The molecule has 0 bridgehead atoms. The van der Waals surface area contributed by atoms with Crippen molar-refractivity contribution >= 4 is 11.2 Å². The highest BCUT2D eigenvalue weighted by Crippen LogP contribution is 2.06. The molecule has 2 aromatic heterocycles. The van der Waals surface area contributed by atoms with Crippen LogP contribution in [0.1, 0.15) is 38.4 Å². The van der Waals surface area contributed by atoms with E-state index in [1.54, 1.807) is 0 Å². The van der Waals surface area contributed by atoms with Gasteiger partial charge in [0.1, 0.15) is 1.37 Å². The Morgan fingerprint density at radius 3 is 3.05 bits per heavy atom. The fourth-order valence-corrected chi connectivity index (χ4v) is 1.87. The molecule has 0 aliphatic rings. The third kappa shape index (κ3) is 2.52. The van der Waals surface area contributed by atoms with Crippen LogP contribution in [0.2, 0.25) is 0 Å². The van der Waals surface area contributed by atoms with Crippen molar-refractivity contribution < 1.29 is 16.7 Å². The second kappa shape index (κ2) is 5.60. The summed E-state index contributed by atoms with van der Waals surface area (Å²) in [7, 11) is 1.22. The van der Waals surface area contributed by atoms with Crippen molar-refractivity contribution in [2.45, 2.75) is 38.8 Å². The van der Waals surface area contributed by atoms with Crippen LogP contribution in [-0.2, 0) is 20.6 Å². The maximum absolute atomic E-state index is 13.9. The molecular formula is C13H19FN4O2. The van der Waals surface area contributed by atoms with E-state index in [1.165, 1.54) is 7.05 Å².